The quantitative estimate of drug-likeness (QED) is 0.822. The van der Waals surface area contributed by atoms with E-state index < -0.39 is 11.4 Å². The van der Waals surface area contributed by atoms with Crippen LogP contribution in [0.25, 0.3) is 0 Å². The van der Waals surface area contributed by atoms with Crippen LogP contribution in [0.4, 0.5) is 0 Å². The molecule has 19 heavy (non-hydrogen) atoms. The van der Waals surface area contributed by atoms with Crippen LogP contribution >= 0.6 is 0 Å². The van der Waals surface area contributed by atoms with Gasteiger partial charge in [-0.05, 0) is 31.7 Å². The Morgan fingerprint density at radius 2 is 1.89 bits per heavy atom. The average Bonchev–Trinajstić information content (AvgIpc) is 3.17. The molecule has 1 aromatic rings. The summed E-state index contributed by atoms with van der Waals surface area (Å²) in [5.74, 6) is -0.876. The molecule has 1 fully saturated rings. The van der Waals surface area contributed by atoms with Crippen LogP contribution in [0.1, 0.15) is 30.4 Å². The zero-order chi connectivity index (χ0) is 13.9. The molecule has 0 saturated heterocycles. The smallest absolute Gasteiger partial charge is 0.311 e. The van der Waals surface area contributed by atoms with Crippen LogP contribution in [-0.4, -0.2) is 23.5 Å². The highest BCUT2D eigenvalue weighted by Gasteiger charge is 2.50. The molecule has 0 unspecified atom stereocenters. The lowest BCUT2D eigenvalue weighted by Crippen LogP contribution is -2.34. The Labute approximate surface area is 112 Å². The number of carboxylic acid groups (broad SMARTS) is 1. The number of nitrogens with one attached hydrogen (secondary N) is 1. The van der Waals surface area contributed by atoms with E-state index in [1.165, 1.54) is 5.56 Å². The third-order valence-electron chi connectivity index (χ3n) is 3.69. The van der Waals surface area contributed by atoms with Crippen molar-refractivity contribution in [3.63, 3.8) is 0 Å². The number of aryl methyl sites for hydroxylation is 2. The minimum atomic E-state index is -0.800. The van der Waals surface area contributed by atoms with E-state index in [0.717, 1.165) is 5.56 Å². The molecule has 0 radical (unpaired) electrons. The van der Waals surface area contributed by atoms with Gasteiger partial charge in [-0.25, -0.2) is 0 Å². The van der Waals surface area contributed by atoms with E-state index in [4.69, 9.17) is 5.11 Å². The van der Waals surface area contributed by atoms with Crippen molar-refractivity contribution in [1.82, 2.24) is 5.32 Å². The summed E-state index contributed by atoms with van der Waals surface area (Å²) in [7, 11) is 0. The van der Waals surface area contributed by atoms with Crippen molar-refractivity contribution in [2.75, 3.05) is 6.54 Å². The molecular weight excluding hydrogens is 242 g/mol. The Balaban J connectivity index is 1.73. The summed E-state index contributed by atoms with van der Waals surface area (Å²) in [6, 6.07) is 8.08. The van der Waals surface area contributed by atoms with Crippen LogP contribution in [-0.2, 0) is 16.0 Å². The summed E-state index contributed by atoms with van der Waals surface area (Å²) in [5, 5.41) is 11.7. The molecule has 0 bridgehead atoms. The summed E-state index contributed by atoms with van der Waals surface area (Å²) < 4.78 is 0. The fraction of sp³-hybridized carbons (Fsp3) is 0.467. The predicted octanol–water partition coefficient (Wildman–Crippen LogP) is 1.91. The van der Waals surface area contributed by atoms with Gasteiger partial charge in [0.05, 0.1) is 5.41 Å². The molecule has 0 heterocycles. The normalized spacial score (nSPS) is 15.8. The van der Waals surface area contributed by atoms with Crippen LogP contribution in [0, 0.1) is 12.3 Å². The van der Waals surface area contributed by atoms with Crippen molar-refractivity contribution in [2.45, 2.75) is 32.6 Å². The van der Waals surface area contributed by atoms with Gasteiger partial charge in [-0.2, -0.15) is 0 Å². The fourth-order valence-corrected chi connectivity index (χ4v) is 1.99. The van der Waals surface area contributed by atoms with Gasteiger partial charge in [0.25, 0.3) is 0 Å². The van der Waals surface area contributed by atoms with Gasteiger partial charge < -0.3 is 10.4 Å². The van der Waals surface area contributed by atoms with Gasteiger partial charge >= 0.3 is 5.97 Å². The summed E-state index contributed by atoms with van der Waals surface area (Å²) >= 11 is 0. The summed E-state index contributed by atoms with van der Waals surface area (Å²) in [5.41, 5.74) is 1.64. The molecule has 0 aliphatic heterocycles. The highest BCUT2D eigenvalue weighted by atomic mass is 16.4. The van der Waals surface area contributed by atoms with E-state index in [-0.39, 0.29) is 12.5 Å². The number of carboxylic acids is 1. The molecule has 4 heteroatoms. The van der Waals surface area contributed by atoms with Crippen LogP contribution < -0.4 is 5.32 Å². The highest BCUT2D eigenvalue weighted by Crippen LogP contribution is 2.45. The molecule has 1 amide bonds. The van der Waals surface area contributed by atoms with Crippen molar-refractivity contribution >= 4 is 11.9 Å². The molecule has 1 saturated carbocycles. The zero-order valence-corrected chi connectivity index (χ0v) is 11.1. The number of carbonyl (C=O) groups is 2. The third-order valence-corrected chi connectivity index (χ3v) is 3.69. The van der Waals surface area contributed by atoms with Crippen molar-refractivity contribution in [3.8, 4) is 0 Å². The van der Waals surface area contributed by atoms with Crippen LogP contribution in [0.2, 0.25) is 0 Å². The number of carbonyl (C=O) groups excluding carboxylic acids is 1. The van der Waals surface area contributed by atoms with Crippen molar-refractivity contribution in [2.24, 2.45) is 5.41 Å². The number of aliphatic carboxylic acids is 1. The summed E-state index contributed by atoms with van der Waals surface area (Å²) in [6.07, 6.45) is 2.42. The molecule has 102 valence electrons. The highest BCUT2D eigenvalue weighted by molar-refractivity contribution is 5.81. The Bertz CT molecular complexity index is 475. The number of rotatable bonds is 6. The maximum absolute atomic E-state index is 11.7. The second-order valence-corrected chi connectivity index (χ2v) is 5.35. The van der Waals surface area contributed by atoms with Crippen LogP contribution in [0.15, 0.2) is 24.3 Å². The number of benzene rings is 1. The second-order valence-electron chi connectivity index (χ2n) is 5.35. The largest absolute Gasteiger partial charge is 0.481 e. The lowest BCUT2D eigenvalue weighted by Gasteiger charge is -2.11. The second kappa shape index (κ2) is 5.43. The number of hydrogen-bond acceptors (Lipinski definition) is 2. The molecular formula is C15H19NO3. The van der Waals surface area contributed by atoms with Gasteiger partial charge in [-0.15, -0.1) is 0 Å². The van der Waals surface area contributed by atoms with Crippen molar-refractivity contribution in [1.29, 1.82) is 0 Å². The Morgan fingerprint density at radius 1 is 1.26 bits per heavy atom. The van der Waals surface area contributed by atoms with E-state index in [1.54, 1.807) is 0 Å². The topological polar surface area (TPSA) is 66.4 Å². The summed E-state index contributed by atoms with van der Waals surface area (Å²) in [4.78, 5) is 22.6. The van der Waals surface area contributed by atoms with Gasteiger partial charge in [0.1, 0.15) is 0 Å². The monoisotopic (exact) mass is 261 g/mol. The van der Waals surface area contributed by atoms with Gasteiger partial charge in [-0.1, -0.05) is 29.8 Å². The molecule has 1 aromatic carbocycles. The van der Waals surface area contributed by atoms with Gasteiger partial charge in [0.2, 0.25) is 5.91 Å². The van der Waals surface area contributed by atoms with Crippen molar-refractivity contribution < 1.29 is 14.7 Å². The Hall–Kier alpha value is -1.84. The van der Waals surface area contributed by atoms with E-state index >= 15 is 0 Å². The molecule has 2 N–H and O–H groups in total. The van der Waals surface area contributed by atoms with Crippen LogP contribution in [0.5, 0.6) is 0 Å². The first-order valence-electron chi connectivity index (χ1n) is 6.57. The van der Waals surface area contributed by atoms with E-state index in [1.807, 2.05) is 31.2 Å². The van der Waals surface area contributed by atoms with Gasteiger partial charge in [0, 0.05) is 13.0 Å². The Kier molecular flexibility index (Phi) is 3.88. The lowest BCUT2D eigenvalue weighted by atomic mass is 10.1. The standard InChI is InChI=1S/C15H19NO3/c1-11-2-4-12(5-3-11)6-7-13(17)16-10-15(8-9-15)14(18)19/h2-5H,6-10H2,1H3,(H,16,17)(H,18,19). The molecule has 1 aliphatic rings. The van der Waals surface area contributed by atoms with E-state index in [0.29, 0.717) is 25.7 Å². The Morgan fingerprint density at radius 3 is 2.42 bits per heavy atom. The minimum Gasteiger partial charge on any atom is -0.481 e. The molecule has 2 rings (SSSR count). The molecule has 1 aliphatic carbocycles. The summed E-state index contributed by atoms with van der Waals surface area (Å²) in [6.45, 7) is 2.28. The van der Waals surface area contributed by atoms with Crippen molar-refractivity contribution in [3.05, 3.63) is 35.4 Å². The first-order chi connectivity index (χ1) is 9.02. The van der Waals surface area contributed by atoms with Gasteiger partial charge in [0.15, 0.2) is 0 Å². The molecule has 0 atom stereocenters. The first-order valence-corrected chi connectivity index (χ1v) is 6.57. The van der Waals surface area contributed by atoms with E-state index in [2.05, 4.69) is 5.32 Å². The molecule has 0 aromatic heterocycles. The number of amides is 1. The lowest BCUT2D eigenvalue weighted by molar-refractivity contribution is -0.143. The third kappa shape index (κ3) is 3.56. The SMILES string of the molecule is Cc1ccc(CCC(=O)NCC2(C(=O)O)CC2)cc1. The average molecular weight is 261 g/mol. The maximum atomic E-state index is 11.7. The minimum absolute atomic E-state index is 0.0758. The molecule has 4 nitrogen and oxygen atoms in total. The van der Waals surface area contributed by atoms with Gasteiger partial charge in [-0.3, -0.25) is 9.59 Å². The molecule has 0 spiro atoms. The number of hydrogen-bond donors (Lipinski definition) is 2. The van der Waals surface area contributed by atoms with Crippen LogP contribution in [0.3, 0.4) is 0 Å². The predicted molar refractivity (Wildman–Crippen MR) is 71.8 cm³/mol. The zero-order valence-electron chi connectivity index (χ0n) is 11.1. The fourth-order valence-electron chi connectivity index (χ4n) is 1.99. The maximum Gasteiger partial charge on any atom is 0.311 e. The first kappa shape index (κ1) is 13.6. The van der Waals surface area contributed by atoms with E-state index in [9.17, 15) is 9.59 Å².